The number of nitrogens with zero attached hydrogens (tertiary/aromatic N) is 4. The Morgan fingerprint density at radius 2 is 1.62 bits per heavy atom. The highest BCUT2D eigenvalue weighted by Crippen LogP contribution is 2.41. The van der Waals surface area contributed by atoms with Crippen LogP contribution < -0.4 is 10.2 Å². The highest BCUT2D eigenvalue weighted by molar-refractivity contribution is 5.94. The summed E-state index contributed by atoms with van der Waals surface area (Å²) in [4.78, 5) is 27.0. The van der Waals surface area contributed by atoms with Crippen molar-refractivity contribution >= 4 is 11.9 Å². The number of anilines is 1. The molecule has 1 aliphatic carbocycles. The van der Waals surface area contributed by atoms with Crippen molar-refractivity contribution in [3.8, 4) is 0 Å². The van der Waals surface area contributed by atoms with E-state index < -0.39 is 0 Å². The van der Waals surface area contributed by atoms with E-state index in [1.165, 1.54) is 5.56 Å². The third-order valence-electron chi connectivity index (χ3n) is 8.06. The molecule has 3 aromatic rings. The molecule has 1 N–H and O–H groups in total. The molecule has 5 rings (SSSR count). The number of aromatic nitrogens is 2. The first-order chi connectivity index (χ1) is 18.2. The molecular weight excluding hydrogens is 458 g/mol. The molecule has 1 aromatic heterocycles. The molecule has 2 aromatic carbocycles. The molecule has 1 amide bonds. The Bertz CT molecular complexity index is 1100. The molecule has 2 fully saturated rings. The van der Waals surface area contributed by atoms with Gasteiger partial charge < -0.3 is 15.1 Å². The largest absolute Gasteiger partial charge is 0.349 e. The van der Waals surface area contributed by atoms with Crippen molar-refractivity contribution in [1.29, 1.82) is 0 Å². The zero-order chi connectivity index (χ0) is 25.5. The molecule has 2 heterocycles. The molecule has 0 spiro atoms. The molecule has 3 atom stereocenters. The lowest BCUT2D eigenvalue weighted by Gasteiger charge is -2.39. The summed E-state index contributed by atoms with van der Waals surface area (Å²) in [6.07, 6.45) is 9.07. The summed E-state index contributed by atoms with van der Waals surface area (Å²) >= 11 is 0. The Morgan fingerprint density at radius 3 is 2.30 bits per heavy atom. The molecule has 0 radical (unpaired) electrons. The Morgan fingerprint density at radius 1 is 0.946 bits per heavy atom. The first-order valence-corrected chi connectivity index (χ1v) is 13.9. The van der Waals surface area contributed by atoms with E-state index in [1.54, 1.807) is 0 Å². The van der Waals surface area contributed by atoms with Crippen LogP contribution in [0.4, 0.5) is 5.95 Å². The standard InChI is InChI=1S/C31H39N5O/c1-2-18-36(31-32-16-9-17-33-31)28-14-19-35(20-15-28)23-26-21-27(22-29(26)24-10-5-3-6-11-24)34-30(37)25-12-7-4-8-13-25/h3-13,16-17,26-29H,2,14-15,18-23H2,1H3,(H,34,37). The van der Waals surface area contributed by atoms with E-state index in [0.717, 1.165) is 69.8 Å². The van der Waals surface area contributed by atoms with Crippen LogP contribution in [-0.2, 0) is 0 Å². The zero-order valence-corrected chi connectivity index (χ0v) is 21.9. The molecule has 6 heteroatoms. The Labute approximate surface area is 221 Å². The summed E-state index contributed by atoms with van der Waals surface area (Å²) in [6, 6.07) is 23.0. The van der Waals surface area contributed by atoms with E-state index >= 15 is 0 Å². The molecule has 37 heavy (non-hydrogen) atoms. The Balaban J connectivity index is 1.22. The Kier molecular flexibility index (Phi) is 8.46. The van der Waals surface area contributed by atoms with Gasteiger partial charge in [0.2, 0.25) is 5.95 Å². The van der Waals surface area contributed by atoms with Crippen LogP contribution in [0.2, 0.25) is 0 Å². The number of likely N-dealkylation sites (tertiary alicyclic amines) is 1. The van der Waals surface area contributed by atoms with Gasteiger partial charge in [0.1, 0.15) is 0 Å². The molecule has 2 aliphatic rings. The summed E-state index contributed by atoms with van der Waals surface area (Å²) < 4.78 is 0. The van der Waals surface area contributed by atoms with Crippen LogP contribution in [0.3, 0.4) is 0 Å². The van der Waals surface area contributed by atoms with E-state index in [-0.39, 0.29) is 11.9 Å². The van der Waals surface area contributed by atoms with Crippen molar-refractivity contribution in [2.75, 3.05) is 31.1 Å². The van der Waals surface area contributed by atoms with Crippen LogP contribution in [0.1, 0.15) is 60.9 Å². The van der Waals surface area contributed by atoms with Gasteiger partial charge in [0.15, 0.2) is 0 Å². The molecule has 3 unspecified atom stereocenters. The lowest BCUT2D eigenvalue weighted by Crippen LogP contribution is -2.47. The third kappa shape index (κ3) is 6.37. The average Bonchev–Trinajstić information content (AvgIpc) is 3.35. The van der Waals surface area contributed by atoms with Gasteiger partial charge in [-0.3, -0.25) is 4.79 Å². The summed E-state index contributed by atoms with van der Waals surface area (Å²) in [7, 11) is 0. The van der Waals surface area contributed by atoms with E-state index in [2.05, 4.69) is 62.3 Å². The topological polar surface area (TPSA) is 61.4 Å². The summed E-state index contributed by atoms with van der Waals surface area (Å²) in [5.41, 5.74) is 2.14. The number of amides is 1. The lowest BCUT2D eigenvalue weighted by molar-refractivity contribution is 0.0936. The third-order valence-corrected chi connectivity index (χ3v) is 8.06. The number of carbonyl (C=O) groups excluding carboxylic acids is 1. The SMILES string of the molecule is CCCN(c1ncccn1)C1CCN(CC2CC(NC(=O)c3ccccc3)CC2c2ccccc2)CC1. The number of benzene rings is 2. The van der Waals surface area contributed by atoms with Gasteiger partial charge in [-0.05, 0) is 67.7 Å². The lowest BCUT2D eigenvalue weighted by atomic mass is 9.88. The number of hydrogen-bond donors (Lipinski definition) is 1. The quantitative estimate of drug-likeness (QED) is 0.443. The second-order valence-electron chi connectivity index (χ2n) is 10.6. The van der Waals surface area contributed by atoms with Gasteiger partial charge in [-0.2, -0.15) is 0 Å². The minimum Gasteiger partial charge on any atom is -0.349 e. The first-order valence-electron chi connectivity index (χ1n) is 13.9. The molecular formula is C31H39N5O. The van der Waals surface area contributed by atoms with Crippen LogP contribution in [0, 0.1) is 5.92 Å². The predicted octanol–water partition coefficient (Wildman–Crippen LogP) is 5.15. The van der Waals surface area contributed by atoms with Gasteiger partial charge in [-0.15, -0.1) is 0 Å². The minimum atomic E-state index is 0.0398. The molecule has 0 bridgehead atoms. The van der Waals surface area contributed by atoms with Gasteiger partial charge >= 0.3 is 0 Å². The van der Waals surface area contributed by atoms with Crippen molar-refractivity contribution in [2.24, 2.45) is 5.92 Å². The smallest absolute Gasteiger partial charge is 0.251 e. The second-order valence-corrected chi connectivity index (χ2v) is 10.6. The van der Waals surface area contributed by atoms with E-state index in [0.29, 0.717) is 17.9 Å². The number of hydrogen-bond acceptors (Lipinski definition) is 5. The van der Waals surface area contributed by atoms with Crippen LogP contribution in [0.5, 0.6) is 0 Å². The zero-order valence-electron chi connectivity index (χ0n) is 21.9. The average molecular weight is 498 g/mol. The fourth-order valence-corrected chi connectivity index (χ4v) is 6.28. The molecule has 1 saturated heterocycles. The maximum absolute atomic E-state index is 12.9. The van der Waals surface area contributed by atoms with Crippen molar-refractivity contribution < 1.29 is 4.79 Å². The fraction of sp³-hybridized carbons (Fsp3) is 0.452. The molecule has 194 valence electrons. The predicted molar refractivity (Wildman–Crippen MR) is 149 cm³/mol. The van der Waals surface area contributed by atoms with Crippen molar-refractivity contribution in [2.45, 2.75) is 57.0 Å². The maximum Gasteiger partial charge on any atom is 0.251 e. The van der Waals surface area contributed by atoms with Crippen LogP contribution >= 0.6 is 0 Å². The summed E-state index contributed by atoms with van der Waals surface area (Å²) in [6.45, 7) is 6.49. The summed E-state index contributed by atoms with van der Waals surface area (Å²) in [5.74, 6) is 1.90. The van der Waals surface area contributed by atoms with E-state index in [9.17, 15) is 4.79 Å². The minimum absolute atomic E-state index is 0.0398. The maximum atomic E-state index is 12.9. The number of piperidine rings is 1. The fourth-order valence-electron chi connectivity index (χ4n) is 6.28. The van der Waals surface area contributed by atoms with Gasteiger partial charge in [0.05, 0.1) is 0 Å². The highest BCUT2D eigenvalue weighted by Gasteiger charge is 2.37. The van der Waals surface area contributed by atoms with E-state index in [1.807, 2.05) is 48.8 Å². The monoisotopic (exact) mass is 497 g/mol. The van der Waals surface area contributed by atoms with Crippen LogP contribution in [0.25, 0.3) is 0 Å². The summed E-state index contributed by atoms with van der Waals surface area (Å²) in [5, 5.41) is 3.34. The van der Waals surface area contributed by atoms with Crippen molar-refractivity contribution in [3.63, 3.8) is 0 Å². The van der Waals surface area contributed by atoms with Crippen LogP contribution in [0.15, 0.2) is 79.1 Å². The molecule has 1 aliphatic heterocycles. The van der Waals surface area contributed by atoms with Crippen molar-refractivity contribution in [3.05, 3.63) is 90.3 Å². The van der Waals surface area contributed by atoms with Crippen molar-refractivity contribution in [1.82, 2.24) is 20.2 Å². The second kappa shape index (κ2) is 12.3. The highest BCUT2D eigenvalue weighted by atomic mass is 16.1. The van der Waals surface area contributed by atoms with Gasteiger partial charge in [-0.1, -0.05) is 55.5 Å². The first kappa shape index (κ1) is 25.4. The van der Waals surface area contributed by atoms with Gasteiger partial charge in [0, 0.05) is 56.2 Å². The number of rotatable bonds is 9. The normalized spacial score (nSPS) is 22.6. The number of nitrogens with one attached hydrogen (secondary N) is 1. The van der Waals surface area contributed by atoms with Gasteiger partial charge in [0.25, 0.3) is 5.91 Å². The molecule has 6 nitrogen and oxygen atoms in total. The van der Waals surface area contributed by atoms with Crippen LogP contribution in [-0.4, -0.2) is 59.0 Å². The number of carbonyl (C=O) groups is 1. The molecule has 1 saturated carbocycles. The van der Waals surface area contributed by atoms with E-state index in [4.69, 9.17) is 0 Å². The Hall–Kier alpha value is -3.25. The van der Waals surface area contributed by atoms with Gasteiger partial charge in [-0.25, -0.2) is 9.97 Å².